The van der Waals surface area contributed by atoms with Gasteiger partial charge in [-0.2, -0.15) is 0 Å². The SMILES string of the molecule is CCn1cc(N)cc1C(=O)NC1CCCC(C)C1. The highest BCUT2D eigenvalue weighted by atomic mass is 16.2. The number of carbonyl (C=O) groups excluding carboxylic acids is 1. The van der Waals surface area contributed by atoms with E-state index in [1.807, 2.05) is 17.7 Å². The van der Waals surface area contributed by atoms with E-state index < -0.39 is 0 Å². The molecule has 3 N–H and O–H groups in total. The molecule has 4 heteroatoms. The van der Waals surface area contributed by atoms with Crippen molar-refractivity contribution in [3.8, 4) is 0 Å². The summed E-state index contributed by atoms with van der Waals surface area (Å²) in [7, 11) is 0. The Labute approximate surface area is 109 Å². The lowest BCUT2D eigenvalue weighted by Crippen LogP contribution is -2.38. The molecule has 0 bridgehead atoms. The first-order valence-corrected chi connectivity index (χ1v) is 6.86. The van der Waals surface area contributed by atoms with Crippen LogP contribution in [-0.2, 0) is 6.54 Å². The number of amides is 1. The Morgan fingerprint density at radius 3 is 3.00 bits per heavy atom. The molecule has 1 aromatic heterocycles. The summed E-state index contributed by atoms with van der Waals surface area (Å²) in [5.41, 5.74) is 7.07. The van der Waals surface area contributed by atoms with Gasteiger partial charge in [0.1, 0.15) is 5.69 Å². The van der Waals surface area contributed by atoms with Crippen LogP contribution in [-0.4, -0.2) is 16.5 Å². The highest BCUT2D eigenvalue weighted by Gasteiger charge is 2.22. The second-order valence-corrected chi connectivity index (χ2v) is 5.39. The van der Waals surface area contributed by atoms with Crippen molar-refractivity contribution in [3.05, 3.63) is 18.0 Å². The number of hydrogen-bond acceptors (Lipinski definition) is 2. The van der Waals surface area contributed by atoms with Crippen molar-refractivity contribution in [2.24, 2.45) is 5.92 Å². The van der Waals surface area contributed by atoms with E-state index in [1.54, 1.807) is 6.07 Å². The highest BCUT2D eigenvalue weighted by Crippen LogP contribution is 2.24. The van der Waals surface area contributed by atoms with Crippen molar-refractivity contribution in [1.82, 2.24) is 9.88 Å². The number of hydrogen-bond donors (Lipinski definition) is 2. The molecule has 1 saturated carbocycles. The van der Waals surface area contributed by atoms with Crippen LogP contribution in [0.3, 0.4) is 0 Å². The maximum Gasteiger partial charge on any atom is 0.268 e. The summed E-state index contributed by atoms with van der Waals surface area (Å²) in [6, 6.07) is 2.08. The van der Waals surface area contributed by atoms with Gasteiger partial charge in [0.2, 0.25) is 0 Å². The van der Waals surface area contributed by atoms with Gasteiger partial charge in [-0.3, -0.25) is 4.79 Å². The number of nitrogens with zero attached hydrogens (tertiary/aromatic N) is 1. The number of nitrogen functional groups attached to an aromatic ring is 1. The van der Waals surface area contributed by atoms with E-state index in [1.165, 1.54) is 12.8 Å². The summed E-state index contributed by atoms with van der Waals surface area (Å²) in [5, 5.41) is 3.14. The van der Waals surface area contributed by atoms with Gasteiger partial charge in [-0.25, -0.2) is 0 Å². The van der Waals surface area contributed by atoms with Crippen LogP contribution in [0.15, 0.2) is 12.3 Å². The monoisotopic (exact) mass is 249 g/mol. The van der Waals surface area contributed by atoms with Gasteiger partial charge in [-0.15, -0.1) is 0 Å². The van der Waals surface area contributed by atoms with Crippen LogP contribution in [0.4, 0.5) is 5.69 Å². The highest BCUT2D eigenvalue weighted by molar-refractivity contribution is 5.94. The topological polar surface area (TPSA) is 60.0 Å². The quantitative estimate of drug-likeness (QED) is 0.864. The van der Waals surface area contributed by atoms with E-state index in [0.29, 0.717) is 23.3 Å². The molecule has 1 aliphatic carbocycles. The largest absolute Gasteiger partial charge is 0.397 e. The molecule has 1 aliphatic rings. The molecular formula is C14H23N3O. The van der Waals surface area contributed by atoms with Gasteiger partial charge in [0.05, 0.1) is 5.69 Å². The standard InChI is InChI=1S/C14H23N3O/c1-3-17-9-11(15)8-13(17)14(18)16-12-6-4-5-10(2)7-12/h8-10,12H,3-7,15H2,1-2H3,(H,16,18). The Kier molecular flexibility index (Phi) is 3.94. The summed E-state index contributed by atoms with van der Waals surface area (Å²) < 4.78 is 1.90. The number of aryl methyl sites for hydroxylation is 1. The second kappa shape index (κ2) is 5.46. The average Bonchev–Trinajstić information content (AvgIpc) is 2.70. The molecule has 2 unspecified atom stereocenters. The van der Waals surface area contributed by atoms with Crippen LogP contribution < -0.4 is 11.1 Å². The van der Waals surface area contributed by atoms with Crippen molar-refractivity contribution >= 4 is 11.6 Å². The number of rotatable bonds is 3. The fourth-order valence-electron chi connectivity index (χ4n) is 2.81. The molecule has 0 aromatic carbocycles. The summed E-state index contributed by atoms with van der Waals surface area (Å²) in [5.74, 6) is 0.722. The normalized spacial score (nSPS) is 23.9. The second-order valence-electron chi connectivity index (χ2n) is 5.39. The predicted octanol–water partition coefficient (Wildman–Crippen LogP) is 2.40. The van der Waals surface area contributed by atoms with Crippen LogP contribution in [0.1, 0.15) is 50.0 Å². The Bertz CT molecular complexity index is 425. The Morgan fingerprint density at radius 2 is 2.33 bits per heavy atom. The minimum absolute atomic E-state index is 0.00708. The summed E-state index contributed by atoms with van der Waals surface area (Å²) in [6.45, 7) is 5.03. The van der Waals surface area contributed by atoms with Crippen molar-refractivity contribution in [2.45, 2.75) is 52.1 Å². The molecule has 1 amide bonds. The van der Waals surface area contributed by atoms with E-state index in [9.17, 15) is 4.79 Å². The van der Waals surface area contributed by atoms with Gasteiger partial charge in [0, 0.05) is 18.8 Å². The van der Waals surface area contributed by atoms with E-state index >= 15 is 0 Å². The van der Waals surface area contributed by atoms with Gasteiger partial charge in [0.15, 0.2) is 0 Å². The minimum Gasteiger partial charge on any atom is -0.397 e. The van der Waals surface area contributed by atoms with Crippen LogP contribution in [0, 0.1) is 5.92 Å². The third kappa shape index (κ3) is 2.86. The lowest BCUT2D eigenvalue weighted by Gasteiger charge is -2.27. The number of anilines is 1. The fourth-order valence-corrected chi connectivity index (χ4v) is 2.81. The first kappa shape index (κ1) is 13.0. The first-order valence-electron chi connectivity index (χ1n) is 6.86. The average molecular weight is 249 g/mol. The van der Waals surface area contributed by atoms with Gasteiger partial charge in [-0.05, 0) is 31.7 Å². The predicted molar refractivity (Wildman–Crippen MR) is 73.4 cm³/mol. The molecule has 1 fully saturated rings. The van der Waals surface area contributed by atoms with Crippen molar-refractivity contribution in [3.63, 3.8) is 0 Å². The van der Waals surface area contributed by atoms with Gasteiger partial charge < -0.3 is 15.6 Å². The maximum absolute atomic E-state index is 12.2. The van der Waals surface area contributed by atoms with Crippen LogP contribution >= 0.6 is 0 Å². The van der Waals surface area contributed by atoms with Crippen molar-refractivity contribution < 1.29 is 4.79 Å². The number of carbonyl (C=O) groups is 1. The summed E-state index contributed by atoms with van der Waals surface area (Å²) in [6.07, 6.45) is 6.50. The van der Waals surface area contributed by atoms with E-state index in [4.69, 9.17) is 5.73 Å². The molecule has 2 rings (SSSR count). The van der Waals surface area contributed by atoms with Crippen molar-refractivity contribution in [2.75, 3.05) is 5.73 Å². The fraction of sp³-hybridized carbons (Fsp3) is 0.643. The molecular weight excluding hydrogens is 226 g/mol. The molecule has 1 aromatic rings. The zero-order valence-corrected chi connectivity index (χ0v) is 11.3. The van der Waals surface area contributed by atoms with Crippen molar-refractivity contribution in [1.29, 1.82) is 0 Å². The maximum atomic E-state index is 12.2. The number of aromatic nitrogens is 1. The molecule has 2 atom stereocenters. The van der Waals surface area contributed by atoms with E-state index in [0.717, 1.165) is 19.4 Å². The molecule has 0 saturated heterocycles. The molecule has 4 nitrogen and oxygen atoms in total. The molecule has 100 valence electrons. The number of nitrogens with two attached hydrogens (primary N) is 1. The van der Waals surface area contributed by atoms with Gasteiger partial charge in [-0.1, -0.05) is 19.8 Å². The van der Waals surface area contributed by atoms with E-state index in [-0.39, 0.29) is 5.91 Å². The molecule has 0 aliphatic heterocycles. The lowest BCUT2D eigenvalue weighted by atomic mass is 9.87. The number of nitrogens with one attached hydrogen (secondary N) is 1. The van der Waals surface area contributed by atoms with E-state index in [2.05, 4.69) is 12.2 Å². The Balaban J connectivity index is 2.02. The van der Waals surface area contributed by atoms with Gasteiger partial charge in [0.25, 0.3) is 5.91 Å². The van der Waals surface area contributed by atoms with Gasteiger partial charge >= 0.3 is 0 Å². The third-order valence-electron chi connectivity index (χ3n) is 3.76. The first-order chi connectivity index (χ1) is 8.60. The molecule has 18 heavy (non-hydrogen) atoms. The molecule has 0 radical (unpaired) electrons. The zero-order chi connectivity index (χ0) is 13.1. The smallest absolute Gasteiger partial charge is 0.268 e. The molecule has 1 heterocycles. The Morgan fingerprint density at radius 1 is 1.56 bits per heavy atom. The lowest BCUT2D eigenvalue weighted by molar-refractivity contribution is 0.0912. The zero-order valence-electron chi connectivity index (χ0n) is 11.3. The van der Waals surface area contributed by atoms with Crippen LogP contribution in [0.5, 0.6) is 0 Å². The summed E-state index contributed by atoms with van der Waals surface area (Å²) in [4.78, 5) is 12.2. The Hall–Kier alpha value is -1.45. The third-order valence-corrected chi connectivity index (χ3v) is 3.76. The minimum atomic E-state index is 0.00708. The molecule has 0 spiro atoms. The van der Waals surface area contributed by atoms with Crippen LogP contribution in [0.25, 0.3) is 0 Å². The summed E-state index contributed by atoms with van der Waals surface area (Å²) >= 11 is 0. The van der Waals surface area contributed by atoms with Crippen LogP contribution in [0.2, 0.25) is 0 Å².